The third-order valence-electron chi connectivity index (χ3n) is 4.18. The SMILES string of the molecule is O=C(Cc1cccc(C(=O)O)c1)NC1CCOC1c1ccc(Cl)cc1. The van der Waals surface area contributed by atoms with E-state index in [4.69, 9.17) is 21.4 Å². The quantitative estimate of drug-likeness (QED) is 0.859. The summed E-state index contributed by atoms with van der Waals surface area (Å²) in [6, 6.07) is 13.7. The molecule has 2 aromatic rings. The van der Waals surface area contributed by atoms with Crippen LogP contribution in [0.3, 0.4) is 0 Å². The molecule has 1 fully saturated rings. The van der Waals surface area contributed by atoms with Crippen LogP contribution >= 0.6 is 11.6 Å². The molecule has 0 spiro atoms. The van der Waals surface area contributed by atoms with Gasteiger partial charge in [0.2, 0.25) is 5.91 Å². The van der Waals surface area contributed by atoms with Crippen molar-refractivity contribution in [2.45, 2.75) is 25.0 Å². The maximum Gasteiger partial charge on any atom is 0.335 e. The zero-order valence-corrected chi connectivity index (χ0v) is 14.2. The molecule has 3 rings (SSSR count). The second kappa shape index (κ2) is 7.68. The van der Waals surface area contributed by atoms with E-state index in [1.165, 1.54) is 12.1 Å². The molecule has 0 bridgehead atoms. The van der Waals surface area contributed by atoms with Crippen LogP contribution in [-0.4, -0.2) is 29.6 Å². The van der Waals surface area contributed by atoms with E-state index in [1.54, 1.807) is 24.3 Å². The minimum Gasteiger partial charge on any atom is -0.478 e. The van der Waals surface area contributed by atoms with Crippen molar-refractivity contribution >= 4 is 23.5 Å². The van der Waals surface area contributed by atoms with Gasteiger partial charge in [0.15, 0.2) is 0 Å². The van der Waals surface area contributed by atoms with Crippen LogP contribution < -0.4 is 5.32 Å². The van der Waals surface area contributed by atoms with Crippen LogP contribution in [0.1, 0.15) is 34.0 Å². The third-order valence-corrected chi connectivity index (χ3v) is 4.43. The molecule has 1 saturated heterocycles. The summed E-state index contributed by atoms with van der Waals surface area (Å²) >= 11 is 5.91. The predicted molar refractivity (Wildman–Crippen MR) is 93.8 cm³/mol. The van der Waals surface area contributed by atoms with E-state index in [0.29, 0.717) is 17.2 Å². The van der Waals surface area contributed by atoms with E-state index in [2.05, 4.69) is 5.32 Å². The minimum absolute atomic E-state index is 0.115. The first-order valence-corrected chi connectivity index (χ1v) is 8.39. The monoisotopic (exact) mass is 359 g/mol. The normalized spacial score (nSPS) is 19.6. The van der Waals surface area contributed by atoms with Crippen LogP contribution in [-0.2, 0) is 16.0 Å². The molecule has 1 amide bonds. The highest BCUT2D eigenvalue weighted by atomic mass is 35.5. The number of benzene rings is 2. The van der Waals surface area contributed by atoms with E-state index < -0.39 is 5.97 Å². The van der Waals surface area contributed by atoms with Crippen molar-refractivity contribution in [1.82, 2.24) is 5.32 Å². The lowest BCUT2D eigenvalue weighted by Crippen LogP contribution is -2.37. The van der Waals surface area contributed by atoms with Crippen LogP contribution in [0, 0.1) is 0 Å². The Labute approximate surface area is 150 Å². The summed E-state index contributed by atoms with van der Waals surface area (Å²) in [6.07, 6.45) is 0.658. The second-order valence-corrected chi connectivity index (χ2v) is 6.42. The first kappa shape index (κ1) is 17.5. The van der Waals surface area contributed by atoms with Crippen LogP contribution in [0.15, 0.2) is 48.5 Å². The minimum atomic E-state index is -1.01. The van der Waals surface area contributed by atoms with Gasteiger partial charge in [0.05, 0.1) is 18.0 Å². The molecule has 2 unspecified atom stereocenters. The molecular formula is C19H18ClNO4. The average Bonchev–Trinajstić information content (AvgIpc) is 3.03. The van der Waals surface area contributed by atoms with E-state index in [1.807, 2.05) is 12.1 Å². The number of halogens is 1. The Kier molecular flexibility index (Phi) is 5.36. The smallest absolute Gasteiger partial charge is 0.335 e. The number of aromatic carboxylic acids is 1. The van der Waals surface area contributed by atoms with E-state index in [0.717, 1.165) is 12.0 Å². The number of carboxylic acids is 1. The maximum atomic E-state index is 12.3. The average molecular weight is 360 g/mol. The molecule has 0 aromatic heterocycles. The van der Waals surface area contributed by atoms with Gasteiger partial charge in [-0.05, 0) is 41.8 Å². The summed E-state index contributed by atoms with van der Waals surface area (Å²) < 4.78 is 5.76. The first-order valence-electron chi connectivity index (χ1n) is 8.01. The van der Waals surface area contributed by atoms with E-state index in [-0.39, 0.29) is 30.0 Å². The molecule has 5 nitrogen and oxygen atoms in total. The summed E-state index contributed by atoms with van der Waals surface area (Å²) in [5.74, 6) is -1.16. The number of amides is 1. The largest absolute Gasteiger partial charge is 0.478 e. The predicted octanol–water partition coefficient (Wildman–Crippen LogP) is 3.23. The summed E-state index contributed by atoms with van der Waals surface area (Å²) in [4.78, 5) is 23.4. The lowest BCUT2D eigenvalue weighted by molar-refractivity contribution is -0.121. The van der Waals surface area contributed by atoms with Crippen molar-refractivity contribution in [2.75, 3.05) is 6.61 Å². The molecule has 6 heteroatoms. The number of nitrogens with one attached hydrogen (secondary N) is 1. The van der Waals surface area contributed by atoms with Gasteiger partial charge in [0, 0.05) is 11.6 Å². The van der Waals surface area contributed by atoms with Gasteiger partial charge in [0.1, 0.15) is 6.10 Å². The summed E-state index contributed by atoms with van der Waals surface area (Å²) in [5.41, 5.74) is 1.81. The fraction of sp³-hybridized carbons (Fsp3) is 0.263. The highest BCUT2D eigenvalue weighted by molar-refractivity contribution is 6.30. The van der Waals surface area contributed by atoms with Crippen LogP contribution in [0.25, 0.3) is 0 Å². The fourth-order valence-electron chi connectivity index (χ4n) is 2.98. The van der Waals surface area contributed by atoms with E-state index in [9.17, 15) is 9.59 Å². The Morgan fingerprint density at radius 3 is 2.68 bits per heavy atom. The number of rotatable bonds is 5. The topological polar surface area (TPSA) is 75.6 Å². The number of hydrogen-bond donors (Lipinski definition) is 2. The molecule has 0 radical (unpaired) electrons. The van der Waals surface area contributed by atoms with E-state index >= 15 is 0 Å². The van der Waals surface area contributed by atoms with Crippen molar-refractivity contribution in [1.29, 1.82) is 0 Å². The van der Waals surface area contributed by atoms with Gasteiger partial charge in [-0.25, -0.2) is 4.79 Å². The number of carbonyl (C=O) groups excluding carboxylic acids is 1. The standard InChI is InChI=1S/C19H18ClNO4/c20-15-6-4-13(5-7-15)18-16(8-9-25-18)21-17(22)11-12-2-1-3-14(10-12)19(23)24/h1-7,10,16,18H,8-9,11H2,(H,21,22)(H,23,24). The molecule has 1 heterocycles. The Morgan fingerprint density at radius 2 is 1.96 bits per heavy atom. The Morgan fingerprint density at radius 1 is 1.20 bits per heavy atom. The lowest BCUT2D eigenvalue weighted by Gasteiger charge is -2.20. The molecule has 2 atom stereocenters. The van der Waals surface area contributed by atoms with Crippen LogP contribution in [0.5, 0.6) is 0 Å². The van der Waals surface area contributed by atoms with Gasteiger partial charge in [-0.15, -0.1) is 0 Å². The number of carboxylic acid groups (broad SMARTS) is 1. The maximum absolute atomic E-state index is 12.3. The number of ether oxygens (including phenoxy) is 1. The van der Waals surface area contributed by atoms with Gasteiger partial charge in [0.25, 0.3) is 0 Å². The third kappa shape index (κ3) is 4.38. The Hall–Kier alpha value is -2.37. The van der Waals surface area contributed by atoms with Crippen molar-refractivity contribution < 1.29 is 19.4 Å². The zero-order valence-electron chi connectivity index (χ0n) is 13.4. The van der Waals surface area contributed by atoms with Gasteiger partial charge >= 0.3 is 5.97 Å². The molecule has 1 aliphatic heterocycles. The summed E-state index contributed by atoms with van der Waals surface area (Å²) in [7, 11) is 0. The molecule has 130 valence electrons. The lowest BCUT2D eigenvalue weighted by atomic mass is 10.0. The first-order chi connectivity index (χ1) is 12.0. The highest BCUT2D eigenvalue weighted by Gasteiger charge is 2.30. The number of hydrogen-bond acceptors (Lipinski definition) is 3. The van der Waals surface area contributed by atoms with Gasteiger partial charge in [-0.3, -0.25) is 4.79 Å². The van der Waals surface area contributed by atoms with Crippen LogP contribution in [0.4, 0.5) is 0 Å². The van der Waals surface area contributed by atoms with Crippen molar-refractivity contribution in [3.05, 3.63) is 70.2 Å². The van der Waals surface area contributed by atoms with Gasteiger partial charge < -0.3 is 15.2 Å². The molecule has 1 aliphatic rings. The van der Waals surface area contributed by atoms with Crippen LogP contribution in [0.2, 0.25) is 5.02 Å². The Bertz CT molecular complexity index is 775. The van der Waals surface area contributed by atoms with Crippen molar-refractivity contribution in [3.8, 4) is 0 Å². The van der Waals surface area contributed by atoms with Crippen molar-refractivity contribution in [2.24, 2.45) is 0 Å². The Balaban J connectivity index is 1.64. The number of carbonyl (C=O) groups is 2. The molecule has 2 N–H and O–H groups in total. The zero-order chi connectivity index (χ0) is 17.8. The molecular weight excluding hydrogens is 342 g/mol. The summed E-state index contributed by atoms with van der Waals surface area (Å²) in [5, 5.41) is 12.7. The van der Waals surface area contributed by atoms with Gasteiger partial charge in [-0.1, -0.05) is 35.9 Å². The fourth-order valence-corrected chi connectivity index (χ4v) is 3.10. The molecule has 0 saturated carbocycles. The van der Waals surface area contributed by atoms with Gasteiger partial charge in [-0.2, -0.15) is 0 Å². The summed E-state index contributed by atoms with van der Waals surface area (Å²) in [6.45, 7) is 0.576. The second-order valence-electron chi connectivity index (χ2n) is 5.99. The molecule has 2 aromatic carbocycles. The molecule has 0 aliphatic carbocycles. The molecule has 25 heavy (non-hydrogen) atoms. The van der Waals surface area contributed by atoms with Crippen molar-refractivity contribution in [3.63, 3.8) is 0 Å². The highest BCUT2D eigenvalue weighted by Crippen LogP contribution is 2.30.